The number of aryl methyl sites for hydroxylation is 1. The van der Waals surface area contributed by atoms with Crippen molar-refractivity contribution in [1.82, 2.24) is 9.21 Å². The van der Waals surface area contributed by atoms with Gasteiger partial charge in [0.15, 0.2) is 0 Å². The molecule has 28 heavy (non-hydrogen) atoms. The molecule has 8 heteroatoms. The Morgan fingerprint density at radius 3 is 2.18 bits per heavy atom. The van der Waals surface area contributed by atoms with Gasteiger partial charge in [0.25, 0.3) is 0 Å². The summed E-state index contributed by atoms with van der Waals surface area (Å²) in [5, 5.41) is 2.87. The predicted molar refractivity (Wildman–Crippen MR) is 106 cm³/mol. The van der Waals surface area contributed by atoms with Crippen LogP contribution in [0, 0.1) is 5.82 Å². The Morgan fingerprint density at radius 2 is 1.61 bits per heavy atom. The van der Waals surface area contributed by atoms with Gasteiger partial charge in [-0.25, -0.2) is 12.8 Å². The van der Waals surface area contributed by atoms with Gasteiger partial charge in [-0.1, -0.05) is 19.1 Å². The highest BCUT2D eigenvalue weighted by molar-refractivity contribution is 7.89. The van der Waals surface area contributed by atoms with Crippen LogP contribution in [0.15, 0.2) is 53.4 Å². The number of amides is 1. The zero-order valence-corrected chi connectivity index (χ0v) is 16.6. The summed E-state index contributed by atoms with van der Waals surface area (Å²) in [6.45, 7) is 3.78. The van der Waals surface area contributed by atoms with E-state index in [0.29, 0.717) is 13.1 Å². The zero-order valence-electron chi connectivity index (χ0n) is 15.8. The van der Waals surface area contributed by atoms with Crippen LogP contribution in [0.2, 0.25) is 0 Å². The second-order valence-corrected chi connectivity index (χ2v) is 8.67. The third-order valence-corrected chi connectivity index (χ3v) is 6.71. The molecule has 6 nitrogen and oxygen atoms in total. The Labute approximate surface area is 165 Å². The molecule has 0 aromatic heterocycles. The van der Waals surface area contributed by atoms with E-state index in [9.17, 15) is 17.6 Å². The smallest absolute Gasteiger partial charge is 0.243 e. The molecular formula is C20H24FN3O3S. The van der Waals surface area contributed by atoms with Crippen molar-refractivity contribution < 1.29 is 17.6 Å². The lowest BCUT2D eigenvalue weighted by molar-refractivity contribution is -0.117. The molecule has 1 N–H and O–H groups in total. The summed E-state index contributed by atoms with van der Waals surface area (Å²) in [5.74, 6) is -0.599. The first-order valence-corrected chi connectivity index (χ1v) is 10.7. The minimum Gasteiger partial charge on any atom is -0.325 e. The first kappa shape index (κ1) is 20.4. The van der Waals surface area contributed by atoms with Crippen molar-refractivity contribution in [3.63, 3.8) is 0 Å². The monoisotopic (exact) mass is 405 g/mol. The molecule has 1 amide bonds. The Morgan fingerprint density at radius 1 is 1.00 bits per heavy atom. The Balaban J connectivity index is 1.51. The second-order valence-electron chi connectivity index (χ2n) is 6.73. The van der Waals surface area contributed by atoms with Gasteiger partial charge >= 0.3 is 0 Å². The summed E-state index contributed by atoms with van der Waals surface area (Å²) in [7, 11) is -3.65. The summed E-state index contributed by atoms with van der Waals surface area (Å²) in [4.78, 5) is 14.2. The maximum Gasteiger partial charge on any atom is 0.243 e. The summed E-state index contributed by atoms with van der Waals surface area (Å²) >= 11 is 0. The molecule has 1 aliphatic heterocycles. The molecule has 150 valence electrons. The van der Waals surface area contributed by atoms with E-state index < -0.39 is 15.8 Å². The van der Waals surface area contributed by atoms with E-state index in [4.69, 9.17) is 0 Å². The maximum atomic E-state index is 13.0. The first-order valence-electron chi connectivity index (χ1n) is 9.25. The average molecular weight is 405 g/mol. The van der Waals surface area contributed by atoms with Gasteiger partial charge in [0.05, 0.1) is 11.4 Å². The zero-order chi connectivity index (χ0) is 20.1. The highest BCUT2D eigenvalue weighted by Gasteiger charge is 2.29. The van der Waals surface area contributed by atoms with Gasteiger partial charge in [0, 0.05) is 31.9 Å². The average Bonchev–Trinajstić information content (AvgIpc) is 2.69. The van der Waals surface area contributed by atoms with Crippen LogP contribution < -0.4 is 5.32 Å². The SMILES string of the molecule is CCc1ccc(NC(=O)CN2CCN(S(=O)(=O)c3ccc(F)cc3)CC2)cc1. The minimum absolute atomic E-state index is 0.0793. The summed E-state index contributed by atoms with van der Waals surface area (Å²) in [5.41, 5.74) is 1.95. The molecule has 0 atom stereocenters. The Hall–Kier alpha value is -2.29. The number of nitrogens with zero attached hydrogens (tertiary/aromatic N) is 2. The lowest BCUT2D eigenvalue weighted by Gasteiger charge is -2.33. The fourth-order valence-electron chi connectivity index (χ4n) is 3.11. The number of hydrogen-bond acceptors (Lipinski definition) is 4. The van der Waals surface area contributed by atoms with Crippen molar-refractivity contribution in [2.24, 2.45) is 0 Å². The standard InChI is InChI=1S/C20H24FN3O3S/c1-2-16-3-7-18(8-4-16)22-20(25)15-23-11-13-24(14-12-23)28(26,27)19-9-5-17(21)6-10-19/h3-10H,2,11-15H2,1H3,(H,22,25). The van der Waals surface area contributed by atoms with Crippen LogP contribution in [0.25, 0.3) is 0 Å². The van der Waals surface area contributed by atoms with Gasteiger partial charge in [-0.05, 0) is 48.4 Å². The van der Waals surface area contributed by atoms with E-state index >= 15 is 0 Å². The Bertz CT molecular complexity index is 907. The van der Waals surface area contributed by atoms with Crippen molar-refractivity contribution in [3.8, 4) is 0 Å². The largest absolute Gasteiger partial charge is 0.325 e. The number of sulfonamides is 1. The fraction of sp³-hybridized carbons (Fsp3) is 0.350. The number of anilines is 1. The van der Waals surface area contributed by atoms with Crippen molar-refractivity contribution in [3.05, 3.63) is 59.9 Å². The number of carbonyl (C=O) groups excluding carboxylic acids is 1. The third kappa shape index (κ3) is 4.95. The molecule has 2 aromatic rings. The van der Waals surface area contributed by atoms with Gasteiger partial charge in [0.2, 0.25) is 15.9 Å². The van der Waals surface area contributed by atoms with Gasteiger partial charge < -0.3 is 5.32 Å². The van der Waals surface area contributed by atoms with Crippen LogP contribution in [0.5, 0.6) is 0 Å². The van der Waals surface area contributed by atoms with Crippen LogP contribution in [0.3, 0.4) is 0 Å². The first-order chi connectivity index (χ1) is 13.4. The fourth-order valence-corrected chi connectivity index (χ4v) is 4.53. The van der Waals surface area contributed by atoms with Gasteiger partial charge in [-0.3, -0.25) is 9.69 Å². The van der Waals surface area contributed by atoms with Gasteiger partial charge in [0.1, 0.15) is 5.82 Å². The van der Waals surface area contributed by atoms with Gasteiger partial charge in [-0.2, -0.15) is 4.31 Å². The lowest BCUT2D eigenvalue weighted by Crippen LogP contribution is -2.50. The van der Waals surface area contributed by atoms with Crippen LogP contribution in [0.1, 0.15) is 12.5 Å². The summed E-state index contributed by atoms with van der Waals surface area (Å²) in [6.07, 6.45) is 0.944. The number of rotatable bonds is 6. The van der Waals surface area contributed by atoms with Crippen LogP contribution in [-0.2, 0) is 21.2 Å². The van der Waals surface area contributed by atoms with Crippen molar-refractivity contribution in [2.45, 2.75) is 18.2 Å². The van der Waals surface area contributed by atoms with E-state index in [0.717, 1.165) is 24.2 Å². The number of carbonyl (C=O) groups is 1. The lowest BCUT2D eigenvalue weighted by atomic mass is 10.1. The number of benzene rings is 2. The molecule has 1 saturated heterocycles. The Kier molecular flexibility index (Phi) is 6.43. The van der Waals surface area contributed by atoms with Crippen LogP contribution in [-0.4, -0.2) is 56.3 Å². The van der Waals surface area contributed by atoms with Crippen molar-refractivity contribution in [1.29, 1.82) is 0 Å². The van der Waals surface area contributed by atoms with Crippen molar-refractivity contribution >= 4 is 21.6 Å². The summed E-state index contributed by atoms with van der Waals surface area (Å²) < 4.78 is 39.7. The molecule has 1 heterocycles. The van der Waals surface area contributed by atoms with E-state index in [1.165, 1.54) is 22.0 Å². The molecule has 2 aromatic carbocycles. The van der Waals surface area contributed by atoms with E-state index in [-0.39, 0.29) is 30.4 Å². The van der Waals surface area contributed by atoms with Crippen molar-refractivity contribution in [2.75, 3.05) is 38.0 Å². The molecule has 1 aliphatic rings. The second kappa shape index (κ2) is 8.81. The number of hydrogen-bond donors (Lipinski definition) is 1. The molecule has 0 spiro atoms. The van der Waals surface area contributed by atoms with Crippen LogP contribution in [0.4, 0.5) is 10.1 Å². The maximum absolute atomic E-state index is 13.0. The molecule has 3 rings (SSSR count). The number of halogens is 1. The normalized spacial score (nSPS) is 16.1. The van der Waals surface area contributed by atoms with E-state index in [1.807, 2.05) is 29.2 Å². The molecule has 1 fully saturated rings. The molecule has 0 radical (unpaired) electrons. The molecular weight excluding hydrogens is 381 g/mol. The van der Waals surface area contributed by atoms with Crippen LogP contribution >= 0.6 is 0 Å². The molecule has 0 unspecified atom stereocenters. The molecule has 0 aliphatic carbocycles. The number of piperazine rings is 1. The van der Waals surface area contributed by atoms with E-state index in [1.54, 1.807) is 0 Å². The van der Waals surface area contributed by atoms with Gasteiger partial charge in [-0.15, -0.1) is 0 Å². The molecule has 0 saturated carbocycles. The topological polar surface area (TPSA) is 69.7 Å². The molecule has 0 bridgehead atoms. The number of nitrogens with one attached hydrogen (secondary N) is 1. The summed E-state index contributed by atoms with van der Waals surface area (Å²) in [6, 6.07) is 12.5. The third-order valence-electron chi connectivity index (χ3n) is 4.80. The van der Waals surface area contributed by atoms with E-state index in [2.05, 4.69) is 12.2 Å². The highest BCUT2D eigenvalue weighted by atomic mass is 32.2. The minimum atomic E-state index is -3.65. The highest BCUT2D eigenvalue weighted by Crippen LogP contribution is 2.18. The quantitative estimate of drug-likeness (QED) is 0.801. The predicted octanol–water partition coefficient (Wildman–Crippen LogP) is 2.33.